The molecule has 0 radical (unpaired) electrons. The SMILES string of the molecule is CC(C)CN(CC(C)C)c1ccc(C(N)=S)cn1. The summed E-state index contributed by atoms with van der Waals surface area (Å²) in [6.07, 6.45) is 1.76. The first kappa shape index (κ1) is 14.9. The van der Waals surface area contributed by atoms with Gasteiger partial charge in [-0.05, 0) is 24.0 Å². The molecule has 1 aromatic rings. The summed E-state index contributed by atoms with van der Waals surface area (Å²) in [6, 6.07) is 3.94. The van der Waals surface area contributed by atoms with Gasteiger partial charge in [0.15, 0.2) is 0 Å². The fourth-order valence-electron chi connectivity index (χ4n) is 1.86. The molecule has 0 aromatic carbocycles. The van der Waals surface area contributed by atoms with E-state index in [1.165, 1.54) is 0 Å². The normalized spacial score (nSPS) is 11.0. The molecule has 0 saturated heterocycles. The van der Waals surface area contributed by atoms with Gasteiger partial charge in [-0.3, -0.25) is 0 Å². The summed E-state index contributed by atoms with van der Waals surface area (Å²) in [5, 5.41) is 0. The van der Waals surface area contributed by atoms with E-state index >= 15 is 0 Å². The molecule has 18 heavy (non-hydrogen) atoms. The Hall–Kier alpha value is -1.16. The smallest absolute Gasteiger partial charge is 0.128 e. The van der Waals surface area contributed by atoms with Crippen molar-refractivity contribution in [2.24, 2.45) is 17.6 Å². The second-order valence-corrected chi connectivity index (χ2v) is 5.90. The predicted octanol–water partition coefficient (Wildman–Crippen LogP) is 2.83. The van der Waals surface area contributed by atoms with Crippen LogP contribution in [0.15, 0.2) is 18.3 Å². The Bertz CT molecular complexity index is 375. The van der Waals surface area contributed by atoms with E-state index in [1.54, 1.807) is 6.20 Å². The zero-order valence-electron chi connectivity index (χ0n) is 11.7. The Morgan fingerprint density at radius 3 is 2.11 bits per heavy atom. The molecule has 1 heterocycles. The van der Waals surface area contributed by atoms with Crippen LogP contribution in [0.2, 0.25) is 0 Å². The standard InChI is InChI=1S/C14H23N3S/c1-10(2)8-17(9-11(3)4)13-6-5-12(7-16-13)14(15)18/h5-7,10-11H,8-9H2,1-4H3,(H2,15,18). The summed E-state index contributed by atoms with van der Waals surface area (Å²) < 4.78 is 0. The maximum atomic E-state index is 5.58. The van der Waals surface area contributed by atoms with Crippen LogP contribution in [0.5, 0.6) is 0 Å². The van der Waals surface area contributed by atoms with Gasteiger partial charge < -0.3 is 10.6 Å². The van der Waals surface area contributed by atoms with E-state index in [0.29, 0.717) is 16.8 Å². The number of pyridine rings is 1. The molecule has 2 N–H and O–H groups in total. The maximum Gasteiger partial charge on any atom is 0.128 e. The number of rotatable bonds is 6. The van der Waals surface area contributed by atoms with Crippen molar-refractivity contribution in [1.82, 2.24) is 4.98 Å². The van der Waals surface area contributed by atoms with Gasteiger partial charge in [-0.2, -0.15) is 0 Å². The highest BCUT2D eigenvalue weighted by Gasteiger charge is 2.11. The summed E-state index contributed by atoms with van der Waals surface area (Å²) in [4.78, 5) is 7.18. The largest absolute Gasteiger partial charge is 0.389 e. The topological polar surface area (TPSA) is 42.1 Å². The monoisotopic (exact) mass is 265 g/mol. The van der Waals surface area contributed by atoms with Crippen molar-refractivity contribution in [2.75, 3.05) is 18.0 Å². The minimum Gasteiger partial charge on any atom is -0.389 e. The Kier molecular flexibility index (Phi) is 5.54. The van der Waals surface area contributed by atoms with Crippen molar-refractivity contribution in [2.45, 2.75) is 27.7 Å². The lowest BCUT2D eigenvalue weighted by Crippen LogP contribution is -2.32. The Balaban J connectivity index is 2.87. The van der Waals surface area contributed by atoms with Crippen LogP contribution in [0.25, 0.3) is 0 Å². The van der Waals surface area contributed by atoms with Gasteiger partial charge in [0.25, 0.3) is 0 Å². The minimum atomic E-state index is 0.397. The van der Waals surface area contributed by atoms with Gasteiger partial charge in [0, 0.05) is 24.8 Å². The Morgan fingerprint density at radius 2 is 1.78 bits per heavy atom. The third-order valence-electron chi connectivity index (χ3n) is 2.53. The van der Waals surface area contributed by atoms with Crippen molar-refractivity contribution in [3.8, 4) is 0 Å². The van der Waals surface area contributed by atoms with E-state index in [4.69, 9.17) is 18.0 Å². The second kappa shape index (κ2) is 6.69. The molecular weight excluding hydrogens is 242 g/mol. The zero-order chi connectivity index (χ0) is 13.7. The van der Waals surface area contributed by atoms with Crippen LogP contribution in [-0.4, -0.2) is 23.1 Å². The molecule has 0 unspecified atom stereocenters. The lowest BCUT2D eigenvalue weighted by atomic mass is 10.1. The molecular formula is C14H23N3S. The van der Waals surface area contributed by atoms with Crippen LogP contribution in [-0.2, 0) is 0 Å². The molecule has 1 aromatic heterocycles. The Labute approximate surface area is 115 Å². The third kappa shape index (κ3) is 4.61. The molecule has 3 nitrogen and oxygen atoms in total. The zero-order valence-corrected chi connectivity index (χ0v) is 12.5. The van der Waals surface area contributed by atoms with Crippen LogP contribution >= 0.6 is 12.2 Å². The van der Waals surface area contributed by atoms with Gasteiger partial charge >= 0.3 is 0 Å². The maximum absolute atomic E-state index is 5.58. The molecule has 0 saturated carbocycles. The molecule has 0 fully saturated rings. The van der Waals surface area contributed by atoms with Crippen molar-refractivity contribution in [1.29, 1.82) is 0 Å². The second-order valence-electron chi connectivity index (χ2n) is 5.46. The van der Waals surface area contributed by atoms with Crippen LogP contribution in [0.1, 0.15) is 33.3 Å². The minimum absolute atomic E-state index is 0.397. The molecule has 0 spiro atoms. The molecule has 0 atom stereocenters. The first-order chi connectivity index (χ1) is 8.40. The predicted molar refractivity (Wildman–Crippen MR) is 82.0 cm³/mol. The lowest BCUT2D eigenvalue weighted by Gasteiger charge is -2.27. The van der Waals surface area contributed by atoms with Gasteiger partial charge in [0.2, 0.25) is 0 Å². The molecule has 0 aliphatic carbocycles. The highest BCUT2D eigenvalue weighted by Crippen LogP contribution is 2.15. The van der Waals surface area contributed by atoms with E-state index in [9.17, 15) is 0 Å². The number of anilines is 1. The van der Waals surface area contributed by atoms with Crippen molar-refractivity contribution in [3.05, 3.63) is 23.9 Å². The number of nitrogens with zero attached hydrogens (tertiary/aromatic N) is 2. The highest BCUT2D eigenvalue weighted by atomic mass is 32.1. The lowest BCUT2D eigenvalue weighted by molar-refractivity contribution is 0.549. The molecule has 100 valence electrons. The van der Waals surface area contributed by atoms with E-state index in [1.807, 2.05) is 12.1 Å². The van der Waals surface area contributed by atoms with Gasteiger partial charge in [0.1, 0.15) is 10.8 Å². The van der Waals surface area contributed by atoms with E-state index in [0.717, 1.165) is 24.5 Å². The summed E-state index contributed by atoms with van der Waals surface area (Å²) in [6.45, 7) is 10.9. The summed E-state index contributed by atoms with van der Waals surface area (Å²) in [5.74, 6) is 2.22. The number of nitrogens with two attached hydrogens (primary N) is 1. The molecule has 4 heteroatoms. The summed E-state index contributed by atoms with van der Waals surface area (Å²) in [7, 11) is 0. The van der Waals surface area contributed by atoms with Crippen LogP contribution in [0.4, 0.5) is 5.82 Å². The van der Waals surface area contributed by atoms with E-state index in [2.05, 4.69) is 37.6 Å². The van der Waals surface area contributed by atoms with Crippen LogP contribution in [0.3, 0.4) is 0 Å². The van der Waals surface area contributed by atoms with Gasteiger partial charge in [-0.1, -0.05) is 39.9 Å². The van der Waals surface area contributed by atoms with Gasteiger partial charge in [0.05, 0.1) is 0 Å². The quantitative estimate of drug-likeness (QED) is 0.803. The van der Waals surface area contributed by atoms with Crippen molar-refractivity contribution >= 4 is 23.0 Å². The Morgan fingerprint density at radius 1 is 1.22 bits per heavy atom. The number of hydrogen-bond acceptors (Lipinski definition) is 3. The van der Waals surface area contributed by atoms with E-state index < -0.39 is 0 Å². The van der Waals surface area contributed by atoms with Crippen molar-refractivity contribution in [3.63, 3.8) is 0 Å². The summed E-state index contributed by atoms with van der Waals surface area (Å²) in [5.41, 5.74) is 6.40. The van der Waals surface area contributed by atoms with Crippen LogP contribution < -0.4 is 10.6 Å². The molecule has 1 rings (SSSR count). The average Bonchev–Trinajstić information content (AvgIpc) is 2.27. The number of thiocarbonyl (C=S) groups is 1. The van der Waals surface area contributed by atoms with E-state index in [-0.39, 0.29) is 0 Å². The average molecular weight is 265 g/mol. The van der Waals surface area contributed by atoms with Gasteiger partial charge in [-0.15, -0.1) is 0 Å². The molecule has 0 amide bonds. The number of hydrogen-bond donors (Lipinski definition) is 1. The summed E-state index contributed by atoms with van der Waals surface area (Å²) >= 11 is 4.94. The van der Waals surface area contributed by atoms with Crippen molar-refractivity contribution < 1.29 is 0 Å². The van der Waals surface area contributed by atoms with Crippen LogP contribution in [0, 0.1) is 11.8 Å². The first-order valence-electron chi connectivity index (χ1n) is 6.41. The van der Waals surface area contributed by atoms with Gasteiger partial charge in [-0.25, -0.2) is 4.98 Å². The third-order valence-corrected chi connectivity index (χ3v) is 2.76. The molecule has 0 bridgehead atoms. The fraction of sp³-hybridized carbons (Fsp3) is 0.571. The molecule has 0 aliphatic rings. The molecule has 0 aliphatic heterocycles. The number of aromatic nitrogens is 1. The fourth-order valence-corrected chi connectivity index (χ4v) is 1.98. The highest BCUT2D eigenvalue weighted by molar-refractivity contribution is 7.80. The first-order valence-corrected chi connectivity index (χ1v) is 6.81.